The van der Waals surface area contributed by atoms with Crippen LogP contribution in [0.5, 0.6) is 0 Å². The molecule has 0 aliphatic heterocycles. The molecular formula is C12H17NO3. The van der Waals surface area contributed by atoms with E-state index < -0.39 is 6.10 Å². The highest BCUT2D eigenvalue weighted by molar-refractivity contribution is 5.80. The van der Waals surface area contributed by atoms with Crippen molar-refractivity contribution < 1.29 is 14.6 Å². The van der Waals surface area contributed by atoms with Gasteiger partial charge in [-0.05, 0) is 5.56 Å². The lowest BCUT2D eigenvalue weighted by molar-refractivity contribution is -0.140. The largest absolute Gasteiger partial charge is 0.381 e. The van der Waals surface area contributed by atoms with E-state index in [0.717, 1.165) is 5.56 Å². The number of aliphatic hydroxyl groups excluding tert-OH is 1. The molecule has 0 saturated carbocycles. The summed E-state index contributed by atoms with van der Waals surface area (Å²) in [7, 11) is 3.20. The van der Waals surface area contributed by atoms with Crippen molar-refractivity contribution in [3.63, 3.8) is 0 Å². The van der Waals surface area contributed by atoms with E-state index in [4.69, 9.17) is 4.74 Å². The number of likely N-dealkylation sites (N-methyl/N-ethyl adjacent to an activating group) is 1. The van der Waals surface area contributed by atoms with Crippen LogP contribution in [0.25, 0.3) is 0 Å². The van der Waals surface area contributed by atoms with Gasteiger partial charge in [-0.3, -0.25) is 4.79 Å². The number of nitrogens with zero attached hydrogens (tertiary/aromatic N) is 1. The number of aliphatic hydroxyl groups is 1. The molecule has 1 amide bonds. The molecule has 88 valence electrons. The number of carbonyl (C=O) groups excluding carboxylic acids is 1. The second-order valence-electron chi connectivity index (χ2n) is 3.75. The molecular weight excluding hydrogens is 206 g/mol. The third-order valence-electron chi connectivity index (χ3n) is 2.11. The zero-order valence-corrected chi connectivity index (χ0v) is 9.59. The number of benzene rings is 1. The van der Waals surface area contributed by atoms with Gasteiger partial charge in [0, 0.05) is 14.1 Å². The van der Waals surface area contributed by atoms with E-state index in [1.54, 1.807) is 14.1 Å². The van der Waals surface area contributed by atoms with Crippen LogP contribution in [-0.2, 0) is 16.1 Å². The first kappa shape index (κ1) is 12.7. The van der Waals surface area contributed by atoms with Crippen molar-refractivity contribution in [2.24, 2.45) is 0 Å². The molecule has 0 bridgehead atoms. The fourth-order valence-corrected chi connectivity index (χ4v) is 1.23. The van der Waals surface area contributed by atoms with Crippen LogP contribution in [0.3, 0.4) is 0 Å². The lowest BCUT2D eigenvalue weighted by atomic mass is 10.2. The fraction of sp³-hybridized carbons (Fsp3) is 0.417. The maximum atomic E-state index is 11.3. The first-order chi connectivity index (χ1) is 7.61. The minimum absolute atomic E-state index is 0.0197. The maximum absolute atomic E-state index is 11.3. The Morgan fingerprint density at radius 1 is 1.38 bits per heavy atom. The SMILES string of the molecule is CN(C)C(=O)C(O)COCc1ccccc1. The number of hydrogen-bond donors (Lipinski definition) is 1. The number of ether oxygens (including phenoxy) is 1. The second-order valence-corrected chi connectivity index (χ2v) is 3.75. The lowest BCUT2D eigenvalue weighted by Crippen LogP contribution is -2.36. The molecule has 0 saturated heterocycles. The van der Waals surface area contributed by atoms with E-state index in [2.05, 4.69) is 0 Å². The minimum Gasteiger partial charge on any atom is -0.381 e. The highest BCUT2D eigenvalue weighted by Crippen LogP contribution is 2.01. The first-order valence-corrected chi connectivity index (χ1v) is 5.12. The van der Waals surface area contributed by atoms with Crippen LogP contribution >= 0.6 is 0 Å². The number of carbonyl (C=O) groups is 1. The second kappa shape index (κ2) is 6.25. The topological polar surface area (TPSA) is 49.8 Å². The normalized spacial score (nSPS) is 12.2. The van der Waals surface area contributed by atoms with Gasteiger partial charge in [-0.2, -0.15) is 0 Å². The molecule has 1 unspecified atom stereocenters. The van der Waals surface area contributed by atoms with Gasteiger partial charge in [0.15, 0.2) is 6.10 Å². The summed E-state index contributed by atoms with van der Waals surface area (Å²) >= 11 is 0. The summed E-state index contributed by atoms with van der Waals surface area (Å²) in [6.45, 7) is 0.421. The van der Waals surface area contributed by atoms with E-state index in [1.165, 1.54) is 4.90 Å². The van der Waals surface area contributed by atoms with E-state index in [9.17, 15) is 9.90 Å². The molecule has 4 nitrogen and oxygen atoms in total. The molecule has 0 spiro atoms. The van der Waals surface area contributed by atoms with Gasteiger partial charge < -0.3 is 14.7 Å². The van der Waals surface area contributed by atoms with E-state index >= 15 is 0 Å². The van der Waals surface area contributed by atoms with Crippen LogP contribution in [0.15, 0.2) is 30.3 Å². The molecule has 0 heterocycles. The van der Waals surface area contributed by atoms with Crippen molar-refractivity contribution in [2.45, 2.75) is 12.7 Å². The predicted octanol–water partition coefficient (Wildman–Crippen LogP) is 0.652. The summed E-state index contributed by atoms with van der Waals surface area (Å²) in [6.07, 6.45) is -1.08. The van der Waals surface area contributed by atoms with E-state index in [0.29, 0.717) is 6.61 Å². The van der Waals surface area contributed by atoms with Crippen LogP contribution < -0.4 is 0 Å². The van der Waals surface area contributed by atoms with Crippen LogP contribution in [0, 0.1) is 0 Å². The fourth-order valence-electron chi connectivity index (χ4n) is 1.23. The Hall–Kier alpha value is -1.39. The molecule has 1 aromatic carbocycles. The molecule has 16 heavy (non-hydrogen) atoms. The average Bonchev–Trinajstić information content (AvgIpc) is 2.29. The lowest BCUT2D eigenvalue weighted by Gasteiger charge is -2.15. The summed E-state index contributed by atoms with van der Waals surface area (Å²) in [4.78, 5) is 12.6. The Balaban J connectivity index is 2.28. The van der Waals surface area contributed by atoms with Gasteiger partial charge >= 0.3 is 0 Å². The number of amides is 1. The maximum Gasteiger partial charge on any atom is 0.253 e. The average molecular weight is 223 g/mol. The van der Waals surface area contributed by atoms with Gasteiger partial charge in [-0.1, -0.05) is 30.3 Å². The van der Waals surface area contributed by atoms with Crippen molar-refractivity contribution in [1.82, 2.24) is 4.90 Å². The molecule has 0 radical (unpaired) electrons. The van der Waals surface area contributed by atoms with Gasteiger partial charge in [0.05, 0.1) is 13.2 Å². The van der Waals surface area contributed by atoms with E-state index in [1.807, 2.05) is 30.3 Å². The standard InChI is InChI=1S/C12H17NO3/c1-13(2)12(15)11(14)9-16-8-10-6-4-3-5-7-10/h3-7,11,14H,8-9H2,1-2H3. The van der Waals surface area contributed by atoms with Crippen molar-refractivity contribution in [1.29, 1.82) is 0 Å². The minimum atomic E-state index is -1.08. The van der Waals surface area contributed by atoms with Crippen molar-refractivity contribution in [3.8, 4) is 0 Å². The zero-order valence-electron chi connectivity index (χ0n) is 9.59. The molecule has 0 aliphatic carbocycles. The summed E-state index contributed by atoms with van der Waals surface area (Å²) in [5.74, 6) is -0.340. The number of hydrogen-bond acceptors (Lipinski definition) is 3. The van der Waals surface area contributed by atoms with Crippen molar-refractivity contribution in [3.05, 3.63) is 35.9 Å². The Bertz CT molecular complexity index is 324. The monoisotopic (exact) mass is 223 g/mol. The predicted molar refractivity (Wildman–Crippen MR) is 60.8 cm³/mol. The molecule has 1 rings (SSSR count). The summed E-state index contributed by atoms with van der Waals surface area (Å²) in [6, 6.07) is 9.62. The van der Waals surface area contributed by atoms with Gasteiger partial charge in [0.1, 0.15) is 0 Å². The Kier molecular flexibility index (Phi) is 4.95. The van der Waals surface area contributed by atoms with Crippen molar-refractivity contribution in [2.75, 3.05) is 20.7 Å². The third kappa shape index (κ3) is 4.00. The molecule has 0 aliphatic rings. The van der Waals surface area contributed by atoms with Crippen LogP contribution in [-0.4, -0.2) is 42.7 Å². The molecule has 1 aromatic rings. The van der Waals surface area contributed by atoms with Crippen LogP contribution in [0.1, 0.15) is 5.56 Å². The summed E-state index contributed by atoms with van der Waals surface area (Å²) in [5.41, 5.74) is 1.02. The third-order valence-corrected chi connectivity index (χ3v) is 2.11. The molecule has 1 N–H and O–H groups in total. The summed E-state index contributed by atoms with van der Waals surface area (Å²) in [5, 5.41) is 9.45. The molecule has 0 aromatic heterocycles. The van der Waals surface area contributed by atoms with Crippen LogP contribution in [0.4, 0.5) is 0 Å². The molecule has 1 atom stereocenters. The van der Waals surface area contributed by atoms with E-state index in [-0.39, 0.29) is 12.5 Å². The first-order valence-electron chi connectivity index (χ1n) is 5.12. The van der Waals surface area contributed by atoms with Crippen molar-refractivity contribution >= 4 is 5.91 Å². The molecule has 0 fully saturated rings. The number of rotatable bonds is 5. The Morgan fingerprint density at radius 3 is 2.56 bits per heavy atom. The van der Waals surface area contributed by atoms with Gasteiger partial charge in [0.25, 0.3) is 5.91 Å². The van der Waals surface area contributed by atoms with Gasteiger partial charge in [-0.25, -0.2) is 0 Å². The van der Waals surface area contributed by atoms with Crippen LogP contribution in [0.2, 0.25) is 0 Å². The quantitative estimate of drug-likeness (QED) is 0.797. The highest BCUT2D eigenvalue weighted by atomic mass is 16.5. The molecule has 4 heteroatoms. The highest BCUT2D eigenvalue weighted by Gasteiger charge is 2.16. The zero-order chi connectivity index (χ0) is 12.0. The smallest absolute Gasteiger partial charge is 0.253 e. The Labute approximate surface area is 95.5 Å². The Morgan fingerprint density at radius 2 is 2.00 bits per heavy atom. The van der Waals surface area contributed by atoms with Gasteiger partial charge in [0.2, 0.25) is 0 Å². The summed E-state index contributed by atoms with van der Waals surface area (Å²) < 4.78 is 5.26. The van der Waals surface area contributed by atoms with Gasteiger partial charge in [-0.15, -0.1) is 0 Å².